The van der Waals surface area contributed by atoms with Crippen LogP contribution in [0, 0.1) is 6.92 Å². The van der Waals surface area contributed by atoms with Crippen LogP contribution in [0.25, 0.3) is 0 Å². The molecule has 2 nitrogen and oxygen atoms in total. The third kappa shape index (κ3) is 3.38. The molecule has 98 valence electrons. The van der Waals surface area contributed by atoms with Gasteiger partial charge >= 0.3 is 5.97 Å². The number of ether oxygens (including phenoxy) is 1. The summed E-state index contributed by atoms with van der Waals surface area (Å²) in [5.41, 5.74) is 1.25. The van der Waals surface area contributed by atoms with Crippen LogP contribution in [0.4, 0.5) is 0 Å². The molecule has 0 aromatic heterocycles. The molecule has 5 heteroatoms. The minimum absolute atomic E-state index is 0.380. The zero-order valence-corrected chi connectivity index (χ0v) is 13.8. The maximum absolute atomic E-state index is 12.1. The summed E-state index contributed by atoms with van der Waals surface area (Å²) in [6.45, 7) is 1.83. The van der Waals surface area contributed by atoms with Gasteiger partial charge in [0.15, 0.2) is 5.75 Å². The van der Waals surface area contributed by atoms with Crippen molar-refractivity contribution in [3.8, 4) is 5.75 Å². The van der Waals surface area contributed by atoms with Crippen molar-refractivity contribution < 1.29 is 9.53 Å². The fourth-order valence-electron chi connectivity index (χ4n) is 1.59. The molecule has 0 aliphatic carbocycles. The lowest BCUT2D eigenvalue weighted by Gasteiger charge is -2.10. The molecule has 2 rings (SSSR count). The van der Waals surface area contributed by atoms with Crippen LogP contribution in [-0.4, -0.2) is 5.97 Å². The molecule has 0 aliphatic heterocycles. The second kappa shape index (κ2) is 6.07. The Balaban J connectivity index is 2.32. The smallest absolute Gasteiger partial charge is 0.344 e. The normalized spacial score (nSPS) is 10.3. The Bertz CT molecular complexity index is 618. The van der Waals surface area contributed by atoms with Crippen molar-refractivity contribution in [2.75, 3.05) is 0 Å². The van der Waals surface area contributed by atoms with Crippen molar-refractivity contribution in [2.45, 2.75) is 6.92 Å². The Hall–Kier alpha value is -0.840. The number of aryl methyl sites for hydroxylation is 1. The molecule has 0 saturated carbocycles. The first-order chi connectivity index (χ1) is 8.99. The predicted molar refractivity (Wildman–Crippen MR) is 83.0 cm³/mol. The van der Waals surface area contributed by atoms with Gasteiger partial charge in [0.25, 0.3) is 0 Å². The maximum atomic E-state index is 12.1. The monoisotopic (exact) mass is 402 g/mol. The average Bonchev–Trinajstić information content (AvgIpc) is 2.34. The predicted octanol–water partition coefficient (Wildman–Crippen LogP) is 5.39. The maximum Gasteiger partial charge on any atom is 0.344 e. The van der Waals surface area contributed by atoms with E-state index in [1.807, 2.05) is 19.1 Å². The van der Waals surface area contributed by atoms with Gasteiger partial charge in [0.2, 0.25) is 0 Å². The molecular formula is C14H9Br2ClO2. The topological polar surface area (TPSA) is 26.3 Å². The van der Waals surface area contributed by atoms with Crippen molar-refractivity contribution in [1.82, 2.24) is 0 Å². The van der Waals surface area contributed by atoms with Crippen LogP contribution in [0.15, 0.2) is 45.3 Å². The van der Waals surface area contributed by atoms with Crippen LogP contribution >= 0.6 is 43.5 Å². The Morgan fingerprint density at radius 1 is 1.21 bits per heavy atom. The molecule has 0 aliphatic rings. The van der Waals surface area contributed by atoms with Crippen molar-refractivity contribution in [2.24, 2.45) is 0 Å². The molecule has 0 radical (unpaired) electrons. The van der Waals surface area contributed by atoms with E-state index in [0.29, 0.717) is 20.8 Å². The number of rotatable bonds is 2. The average molecular weight is 404 g/mol. The summed E-state index contributed by atoms with van der Waals surface area (Å²) in [4.78, 5) is 12.1. The lowest BCUT2D eigenvalue weighted by atomic mass is 10.2. The number of hydrogen-bond donors (Lipinski definition) is 0. The highest BCUT2D eigenvalue weighted by Crippen LogP contribution is 2.33. The van der Waals surface area contributed by atoms with E-state index in [0.717, 1.165) is 10.0 Å². The standard InChI is InChI=1S/C14H9Br2ClO2/c1-8-6-9(15)7-12(17)13(8)19-14(18)10-4-2-3-5-11(10)16/h2-7H,1H3. The summed E-state index contributed by atoms with van der Waals surface area (Å²) in [7, 11) is 0. The molecule has 19 heavy (non-hydrogen) atoms. The fourth-order valence-corrected chi connectivity index (χ4v) is 3.05. The fraction of sp³-hybridized carbons (Fsp3) is 0.0714. The van der Waals surface area contributed by atoms with Crippen LogP contribution in [0.5, 0.6) is 5.75 Å². The van der Waals surface area contributed by atoms with E-state index in [4.69, 9.17) is 16.3 Å². The van der Waals surface area contributed by atoms with Crippen molar-refractivity contribution in [3.63, 3.8) is 0 Å². The number of esters is 1. The van der Waals surface area contributed by atoms with E-state index < -0.39 is 5.97 Å². The first-order valence-electron chi connectivity index (χ1n) is 5.41. The van der Waals surface area contributed by atoms with Crippen LogP contribution in [0.1, 0.15) is 15.9 Å². The first-order valence-corrected chi connectivity index (χ1v) is 7.38. The van der Waals surface area contributed by atoms with Crippen LogP contribution in [0.2, 0.25) is 5.02 Å². The van der Waals surface area contributed by atoms with Gasteiger partial charge in [0.1, 0.15) is 0 Å². The van der Waals surface area contributed by atoms with Gasteiger partial charge in [-0.3, -0.25) is 0 Å². The minimum Gasteiger partial charge on any atom is -0.421 e. The van der Waals surface area contributed by atoms with Crippen LogP contribution in [0.3, 0.4) is 0 Å². The van der Waals surface area contributed by atoms with Gasteiger partial charge in [-0.1, -0.05) is 39.7 Å². The van der Waals surface area contributed by atoms with Crippen molar-refractivity contribution >= 4 is 49.4 Å². The van der Waals surface area contributed by atoms with Gasteiger partial charge < -0.3 is 4.74 Å². The number of benzene rings is 2. The quantitative estimate of drug-likeness (QED) is 0.495. The molecule has 0 amide bonds. The van der Waals surface area contributed by atoms with E-state index >= 15 is 0 Å². The summed E-state index contributed by atoms with van der Waals surface area (Å²) in [5, 5.41) is 0.396. The first kappa shape index (κ1) is 14.6. The number of hydrogen-bond acceptors (Lipinski definition) is 2. The molecule has 0 N–H and O–H groups in total. The third-order valence-corrected chi connectivity index (χ3v) is 3.91. The van der Waals surface area contributed by atoms with Gasteiger partial charge in [0.05, 0.1) is 10.6 Å². The zero-order valence-electron chi connectivity index (χ0n) is 9.91. The second-order valence-electron chi connectivity index (χ2n) is 3.90. The second-order valence-corrected chi connectivity index (χ2v) is 6.08. The van der Waals surface area contributed by atoms with Gasteiger partial charge in [-0.15, -0.1) is 0 Å². The summed E-state index contributed by atoms with van der Waals surface area (Å²) in [6, 6.07) is 10.6. The van der Waals surface area contributed by atoms with Gasteiger partial charge in [0, 0.05) is 8.95 Å². The zero-order chi connectivity index (χ0) is 14.0. The molecule has 0 heterocycles. The molecule has 0 fully saturated rings. The van der Waals surface area contributed by atoms with Gasteiger partial charge in [-0.2, -0.15) is 0 Å². The molecule has 0 bridgehead atoms. The summed E-state index contributed by atoms with van der Waals surface area (Å²) < 4.78 is 6.91. The van der Waals surface area contributed by atoms with Crippen molar-refractivity contribution in [3.05, 3.63) is 61.5 Å². The Morgan fingerprint density at radius 2 is 1.89 bits per heavy atom. The molecule has 0 spiro atoms. The number of halogens is 3. The Morgan fingerprint density at radius 3 is 2.53 bits per heavy atom. The van der Waals surface area contributed by atoms with E-state index in [2.05, 4.69) is 31.9 Å². The SMILES string of the molecule is Cc1cc(Br)cc(Cl)c1OC(=O)c1ccccc1Br. The third-order valence-electron chi connectivity index (χ3n) is 2.48. The molecule has 0 atom stereocenters. The lowest BCUT2D eigenvalue weighted by Crippen LogP contribution is -2.10. The molecule has 0 unspecified atom stereocenters. The molecular weight excluding hydrogens is 395 g/mol. The van der Waals surface area contributed by atoms with Gasteiger partial charge in [-0.25, -0.2) is 4.79 Å². The van der Waals surface area contributed by atoms with Crippen LogP contribution in [-0.2, 0) is 0 Å². The van der Waals surface area contributed by atoms with E-state index in [1.54, 1.807) is 24.3 Å². The van der Waals surface area contributed by atoms with E-state index in [9.17, 15) is 4.79 Å². The molecule has 2 aromatic carbocycles. The Labute approximate surface area is 133 Å². The molecule has 0 saturated heterocycles. The largest absolute Gasteiger partial charge is 0.421 e. The summed E-state index contributed by atoms with van der Waals surface area (Å²) in [5.74, 6) is -0.0644. The van der Waals surface area contributed by atoms with E-state index in [-0.39, 0.29) is 0 Å². The highest BCUT2D eigenvalue weighted by molar-refractivity contribution is 9.10. The minimum atomic E-state index is -0.445. The highest BCUT2D eigenvalue weighted by atomic mass is 79.9. The van der Waals surface area contributed by atoms with Crippen LogP contribution < -0.4 is 4.74 Å². The lowest BCUT2D eigenvalue weighted by molar-refractivity contribution is 0.0732. The molecule has 2 aromatic rings. The van der Waals surface area contributed by atoms with Gasteiger partial charge in [-0.05, 0) is 52.7 Å². The summed E-state index contributed by atoms with van der Waals surface area (Å²) >= 11 is 12.7. The summed E-state index contributed by atoms with van der Waals surface area (Å²) in [6.07, 6.45) is 0. The highest BCUT2D eigenvalue weighted by Gasteiger charge is 2.15. The van der Waals surface area contributed by atoms with Crippen molar-refractivity contribution in [1.29, 1.82) is 0 Å². The number of carbonyl (C=O) groups excluding carboxylic acids is 1. The Kier molecular flexibility index (Phi) is 4.66. The van der Waals surface area contributed by atoms with E-state index in [1.165, 1.54) is 0 Å². The number of carbonyl (C=O) groups is 1.